The summed E-state index contributed by atoms with van der Waals surface area (Å²) in [4.78, 5) is 11.9. The van der Waals surface area contributed by atoms with Crippen molar-refractivity contribution in [2.75, 3.05) is 0 Å². The van der Waals surface area contributed by atoms with E-state index in [2.05, 4.69) is 10.5 Å². The first-order chi connectivity index (χ1) is 13.1. The lowest BCUT2D eigenvalue weighted by atomic mass is 10.2. The second-order valence-corrected chi connectivity index (χ2v) is 6.13. The van der Waals surface area contributed by atoms with Crippen molar-refractivity contribution in [1.29, 1.82) is 0 Å². The number of amides is 1. The molecule has 0 fully saturated rings. The van der Waals surface area contributed by atoms with Crippen molar-refractivity contribution in [3.63, 3.8) is 0 Å². The molecule has 0 heterocycles. The lowest BCUT2D eigenvalue weighted by molar-refractivity contribution is 0.0955. The summed E-state index contributed by atoms with van der Waals surface area (Å²) in [5, 5.41) is 4.50. The summed E-state index contributed by atoms with van der Waals surface area (Å²) in [5.74, 6) is 0.0920. The van der Waals surface area contributed by atoms with Crippen molar-refractivity contribution in [3.8, 4) is 5.75 Å². The molecule has 0 unspecified atom stereocenters. The van der Waals surface area contributed by atoms with Gasteiger partial charge in [-0.3, -0.25) is 4.79 Å². The highest BCUT2D eigenvalue weighted by atomic mass is 35.5. The van der Waals surface area contributed by atoms with Gasteiger partial charge in [-0.2, -0.15) is 5.10 Å². The number of halogens is 2. The Hall–Kier alpha value is -3.18. The monoisotopic (exact) mass is 382 g/mol. The van der Waals surface area contributed by atoms with Gasteiger partial charge in [0.1, 0.15) is 18.2 Å². The summed E-state index contributed by atoms with van der Waals surface area (Å²) in [5.41, 5.74) is 4.62. The summed E-state index contributed by atoms with van der Waals surface area (Å²) < 4.78 is 18.5. The first-order valence-electron chi connectivity index (χ1n) is 8.16. The van der Waals surface area contributed by atoms with Crippen LogP contribution in [0.3, 0.4) is 0 Å². The smallest absolute Gasteiger partial charge is 0.271 e. The molecule has 6 heteroatoms. The van der Waals surface area contributed by atoms with Crippen LogP contribution in [0.4, 0.5) is 4.39 Å². The molecule has 0 aliphatic rings. The van der Waals surface area contributed by atoms with Gasteiger partial charge in [-0.15, -0.1) is 0 Å². The van der Waals surface area contributed by atoms with Gasteiger partial charge in [-0.05, 0) is 71.8 Å². The topological polar surface area (TPSA) is 50.7 Å². The second kappa shape index (κ2) is 8.96. The van der Waals surface area contributed by atoms with Gasteiger partial charge in [-0.25, -0.2) is 9.82 Å². The van der Waals surface area contributed by atoms with Crippen molar-refractivity contribution in [2.45, 2.75) is 6.61 Å². The third-order valence-electron chi connectivity index (χ3n) is 3.68. The fraction of sp³-hybridized carbons (Fsp3) is 0.0476. The van der Waals surface area contributed by atoms with Crippen molar-refractivity contribution in [2.24, 2.45) is 5.10 Å². The number of hydrogen-bond donors (Lipinski definition) is 1. The van der Waals surface area contributed by atoms with E-state index in [0.717, 1.165) is 11.1 Å². The van der Waals surface area contributed by atoms with Gasteiger partial charge < -0.3 is 4.74 Å². The number of nitrogens with one attached hydrogen (secondary N) is 1. The molecule has 136 valence electrons. The van der Waals surface area contributed by atoms with Crippen LogP contribution in [-0.4, -0.2) is 12.1 Å². The molecule has 27 heavy (non-hydrogen) atoms. The molecule has 0 spiro atoms. The Morgan fingerprint density at radius 1 is 1.00 bits per heavy atom. The largest absolute Gasteiger partial charge is 0.489 e. The number of ether oxygens (including phenoxy) is 1. The maximum atomic E-state index is 12.9. The SMILES string of the molecule is O=C(NN=Cc1ccc(OCc2ccc(F)cc2)cc1)c1ccc(Cl)cc1. The van der Waals surface area contributed by atoms with E-state index < -0.39 is 0 Å². The van der Waals surface area contributed by atoms with Crippen molar-refractivity contribution < 1.29 is 13.9 Å². The Morgan fingerprint density at radius 3 is 2.33 bits per heavy atom. The lowest BCUT2D eigenvalue weighted by Gasteiger charge is -2.06. The summed E-state index contributed by atoms with van der Waals surface area (Å²) in [6.07, 6.45) is 1.54. The first-order valence-corrected chi connectivity index (χ1v) is 8.54. The number of carbonyl (C=O) groups is 1. The summed E-state index contributed by atoms with van der Waals surface area (Å²) in [6.45, 7) is 0.352. The minimum Gasteiger partial charge on any atom is -0.489 e. The maximum absolute atomic E-state index is 12.9. The molecule has 1 N–H and O–H groups in total. The fourth-order valence-electron chi connectivity index (χ4n) is 2.23. The van der Waals surface area contributed by atoms with Gasteiger partial charge >= 0.3 is 0 Å². The molecule has 0 saturated heterocycles. The van der Waals surface area contributed by atoms with E-state index in [-0.39, 0.29) is 11.7 Å². The van der Waals surface area contributed by atoms with Crippen LogP contribution >= 0.6 is 11.6 Å². The zero-order valence-electron chi connectivity index (χ0n) is 14.2. The van der Waals surface area contributed by atoms with Gasteiger partial charge in [0, 0.05) is 10.6 Å². The number of nitrogens with zero attached hydrogens (tertiary/aromatic N) is 1. The quantitative estimate of drug-likeness (QED) is 0.490. The number of hydrogen-bond acceptors (Lipinski definition) is 3. The average Bonchev–Trinajstić information content (AvgIpc) is 2.69. The minimum absolute atomic E-state index is 0.273. The predicted octanol–water partition coefficient (Wildman–Crippen LogP) is 4.82. The molecular weight excluding hydrogens is 367 g/mol. The Balaban J connectivity index is 1.50. The van der Waals surface area contributed by atoms with Crippen LogP contribution < -0.4 is 10.2 Å². The van der Waals surface area contributed by atoms with E-state index in [1.807, 2.05) is 12.1 Å². The predicted molar refractivity (Wildman–Crippen MR) is 104 cm³/mol. The molecular formula is C21H16ClFN2O2. The van der Waals surface area contributed by atoms with E-state index in [9.17, 15) is 9.18 Å². The highest BCUT2D eigenvalue weighted by Gasteiger charge is 2.03. The number of rotatable bonds is 6. The van der Waals surface area contributed by atoms with Crippen LogP contribution in [0.15, 0.2) is 77.9 Å². The van der Waals surface area contributed by atoms with Gasteiger partial charge in [0.05, 0.1) is 6.21 Å². The summed E-state index contributed by atoms with van der Waals surface area (Å²) in [7, 11) is 0. The summed E-state index contributed by atoms with van der Waals surface area (Å²) in [6, 6.07) is 19.9. The number of benzene rings is 3. The van der Waals surface area contributed by atoms with Gasteiger partial charge in [0.25, 0.3) is 5.91 Å². The molecule has 1 amide bonds. The van der Waals surface area contributed by atoms with E-state index in [1.54, 1.807) is 48.5 Å². The number of hydrazone groups is 1. The first kappa shape index (κ1) is 18.6. The molecule has 0 atom stereocenters. The maximum Gasteiger partial charge on any atom is 0.271 e. The van der Waals surface area contributed by atoms with Crippen LogP contribution in [0.2, 0.25) is 5.02 Å². The Kier molecular flexibility index (Phi) is 6.18. The van der Waals surface area contributed by atoms with Crippen LogP contribution in [0.25, 0.3) is 0 Å². The molecule has 0 aromatic heterocycles. The molecule has 0 aliphatic carbocycles. The van der Waals surface area contributed by atoms with Crippen LogP contribution in [-0.2, 0) is 6.61 Å². The zero-order chi connectivity index (χ0) is 19.1. The van der Waals surface area contributed by atoms with Crippen LogP contribution in [0.1, 0.15) is 21.5 Å². The van der Waals surface area contributed by atoms with Gasteiger partial charge in [0.2, 0.25) is 0 Å². The normalized spacial score (nSPS) is 10.7. The van der Waals surface area contributed by atoms with Crippen LogP contribution in [0.5, 0.6) is 5.75 Å². The molecule has 3 rings (SSSR count). The molecule has 3 aromatic carbocycles. The van der Waals surface area contributed by atoms with E-state index in [1.165, 1.54) is 18.3 Å². The Bertz CT molecular complexity index is 924. The minimum atomic E-state index is -0.317. The van der Waals surface area contributed by atoms with Crippen molar-refractivity contribution in [1.82, 2.24) is 5.43 Å². The highest BCUT2D eigenvalue weighted by molar-refractivity contribution is 6.30. The standard InChI is InChI=1S/C21H16ClFN2O2/c22-18-7-5-17(6-8-18)21(26)25-24-13-15-3-11-20(12-4-15)27-14-16-1-9-19(23)10-2-16/h1-13H,14H2,(H,25,26). The molecule has 3 aromatic rings. The molecule has 0 aliphatic heterocycles. The molecule has 0 radical (unpaired) electrons. The third kappa shape index (κ3) is 5.66. The molecule has 0 saturated carbocycles. The second-order valence-electron chi connectivity index (χ2n) is 5.69. The van der Waals surface area contributed by atoms with Gasteiger partial charge in [-0.1, -0.05) is 23.7 Å². The highest BCUT2D eigenvalue weighted by Crippen LogP contribution is 2.14. The average molecular weight is 383 g/mol. The summed E-state index contributed by atoms with van der Waals surface area (Å²) >= 11 is 5.79. The molecule has 0 bridgehead atoms. The van der Waals surface area contributed by atoms with E-state index in [0.29, 0.717) is 22.9 Å². The third-order valence-corrected chi connectivity index (χ3v) is 3.94. The van der Waals surface area contributed by atoms with Crippen molar-refractivity contribution >= 4 is 23.7 Å². The lowest BCUT2D eigenvalue weighted by Crippen LogP contribution is -2.17. The van der Waals surface area contributed by atoms with Gasteiger partial charge in [0.15, 0.2) is 0 Å². The number of carbonyl (C=O) groups excluding carboxylic acids is 1. The van der Waals surface area contributed by atoms with Crippen LogP contribution in [0, 0.1) is 5.82 Å². The van der Waals surface area contributed by atoms with Crippen molar-refractivity contribution in [3.05, 3.63) is 100 Å². The molecule has 4 nitrogen and oxygen atoms in total. The van der Waals surface area contributed by atoms with E-state index in [4.69, 9.17) is 16.3 Å². The Morgan fingerprint density at radius 2 is 1.67 bits per heavy atom. The Labute approximate surface area is 161 Å². The zero-order valence-corrected chi connectivity index (χ0v) is 15.0. The van der Waals surface area contributed by atoms with E-state index >= 15 is 0 Å². The fourth-order valence-corrected chi connectivity index (χ4v) is 2.35.